The highest BCUT2D eigenvalue weighted by molar-refractivity contribution is 7.09. The molecule has 4 rings (SSSR count). The lowest BCUT2D eigenvalue weighted by Crippen LogP contribution is -2.35. The fourth-order valence-corrected chi connectivity index (χ4v) is 5.12. The SMILES string of the molecule is CC(C)(C)c1ccc(OCc2ccc(C(=O)N3CCCN(Cc4csc(C(C)(C)C)n4)CC3)o2)cc1. The first-order valence-electron chi connectivity index (χ1n) is 12.8. The quantitative estimate of drug-likeness (QED) is 0.393. The zero-order chi connectivity index (χ0) is 25.9. The number of aromatic nitrogens is 1. The second-order valence-corrected chi connectivity index (χ2v) is 12.5. The fraction of sp³-hybridized carbons (Fsp3) is 0.517. The summed E-state index contributed by atoms with van der Waals surface area (Å²) in [6.07, 6.45) is 0.934. The van der Waals surface area contributed by atoms with Gasteiger partial charge >= 0.3 is 0 Å². The van der Waals surface area contributed by atoms with Crippen molar-refractivity contribution in [2.75, 3.05) is 26.2 Å². The van der Waals surface area contributed by atoms with E-state index in [9.17, 15) is 4.79 Å². The van der Waals surface area contributed by atoms with Crippen LogP contribution in [0.15, 0.2) is 46.2 Å². The minimum Gasteiger partial charge on any atom is -0.486 e. The summed E-state index contributed by atoms with van der Waals surface area (Å²) >= 11 is 1.73. The van der Waals surface area contributed by atoms with Gasteiger partial charge in [0.15, 0.2) is 5.76 Å². The summed E-state index contributed by atoms with van der Waals surface area (Å²) in [5.41, 5.74) is 2.57. The van der Waals surface area contributed by atoms with Crippen LogP contribution < -0.4 is 4.74 Å². The van der Waals surface area contributed by atoms with Gasteiger partial charge in [-0.25, -0.2) is 4.98 Å². The van der Waals surface area contributed by atoms with E-state index in [1.807, 2.05) is 23.1 Å². The first-order valence-corrected chi connectivity index (χ1v) is 13.7. The minimum absolute atomic E-state index is 0.0543. The number of hydrogen-bond donors (Lipinski definition) is 0. The Morgan fingerprint density at radius 3 is 2.39 bits per heavy atom. The molecule has 3 aromatic rings. The van der Waals surface area contributed by atoms with Crippen molar-refractivity contribution in [2.24, 2.45) is 0 Å². The number of amides is 1. The van der Waals surface area contributed by atoms with Crippen molar-refractivity contribution >= 4 is 17.2 Å². The molecule has 0 spiro atoms. The Bertz CT molecular complexity index is 1150. The molecule has 1 fully saturated rings. The van der Waals surface area contributed by atoms with Crippen LogP contribution in [0.4, 0.5) is 0 Å². The van der Waals surface area contributed by atoms with Crippen LogP contribution in [0, 0.1) is 0 Å². The van der Waals surface area contributed by atoms with Crippen LogP contribution in [0.3, 0.4) is 0 Å². The third-order valence-electron chi connectivity index (χ3n) is 6.43. The molecule has 0 saturated carbocycles. The zero-order valence-corrected chi connectivity index (χ0v) is 23.3. The van der Waals surface area contributed by atoms with E-state index in [1.165, 1.54) is 10.6 Å². The van der Waals surface area contributed by atoms with Gasteiger partial charge in [-0.2, -0.15) is 0 Å². The zero-order valence-electron chi connectivity index (χ0n) is 22.5. The Balaban J connectivity index is 1.28. The molecule has 0 atom stereocenters. The van der Waals surface area contributed by atoms with Gasteiger partial charge in [0.2, 0.25) is 0 Å². The number of benzene rings is 1. The van der Waals surface area contributed by atoms with Crippen LogP contribution in [0.5, 0.6) is 5.75 Å². The molecular weight excluding hydrogens is 470 g/mol. The molecule has 0 radical (unpaired) electrons. The first kappa shape index (κ1) is 26.4. The molecule has 0 aliphatic carbocycles. The van der Waals surface area contributed by atoms with E-state index in [-0.39, 0.29) is 16.7 Å². The molecule has 1 amide bonds. The first-order chi connectivity index (χ1) is 17.0. The van der Waals surface area contributed by atoms with Crippen molar-refractivity contribution in [3.05, 3.63) is 69.6 Å². The molecule has 3 heterocycles. The van der Waals surface area contributed by atoms with Crippen molar-refractivity contribution in [1.82, 2.24) is 14.8 Å². The number of furan rings is 1. The molecular formula is C29H39N3O3S. The lowest BCUT2D eigenvalue weighted by atomic mass is 9.87. The van der Waals surface area contributed by atoms with Gasteiger partial charge in [-0.1, -0.05) is 53.7 Å². The van der Waals surface area contributed by atoms with Gasteiger partial charge in [-0.15, -0.1) is 11.3 Å². The number of ether oxygens (including phenoxy) is 1. The number of rotatable bonds is 6. The lowest BCUT2D eigenvalue weighted by molar-refractivity contribution is 0.0725. The largest absolute Gasteiger partial charge is 0.486 e. The molecule has 1 saturated heterocycles. The number of thiazole rings is 1. The number of hydrogen-bond acceptors (Lipinski definition) is 6. The summed E-state index contributed by atoms with van der Waals surface area (Å²) < 4.78 is 11.7. The normalized spacial score (nSPS) is 15.7. The molecule has 2 aromatic heterocycles. The van der Waals surface area contributed by atoms with Crippen LogP contribution >= 0.6 is 11.3 Å². The van der Waals surface area contributed by atoms with Gasteiger partial charge in [0.1, 0.15) is 18.1 Å². The lowest BCUT2D eigenvalue weighted by Gasteiger charge is -2.21. The van der Waals surface area contributed by atoms with E-state index >= 15 is 0 Å². The van der Waals surface area contributed by atoms with Crippen LogP contribution in [0.1, 0.15) is 80.5 Å². The highest BCUT2D eigenvalue weighted by Gasteiger charge is 2.24. The standard InChI is InChI=1S/C29H39N3O3S/c1-28(2,3)21-8-10-23(11-9-21)34-19-24-12-13-25(35-24)26(33)32-15-7-14-31(16-17-32)18-22-20-36-27(30-22)29(4,5)6/h8-13,20H,7,14-19H2,1-6H3. The maximum absolute atomic E-state index is 13.1. The van der Waals surface area contributed by atoms with Gasteiger partial charge < -0.3 is 14.1 Å². The molecule has 1 aliphatic heterocycles. The molecule has 1 aromatic carbocycles. The van der Waals surface area contributed by atoms with E-state index in [0.717, 1.165) is 44.0 Å². The molecule has 0 N–H and O–H groups in total. The van der Waals surface area contributed by atoms with Crippen molar-refractivity contribution in [2.45, 2.75) is 71.9 Å². The molecule has 1 aliphatic rings. The molecule has 0 unspecified atom stereocenters. The van der Waals surface area contributed by atoms with E-state index < -0.39 is 0 Å². The maximum atomic E-state index is 13.1. The third kappa shape index (κ3) is 6.77. The monoisotopic (exact) mass is 509 g/mol. The summed E-state index contributed by atoms with van der Waals surface area (Å²) in [7, 11) is 0. The predicted molar refractivity (Wildman–Crippen MR) is 145 cm³/mol. The summed E-state index contributed by atoms with van der Waals surface area (Å²) in [4.78, 5) is 22.2. The molecule has 194 valence electrons. The van der Waals surface area contributed by atoms with Gasteiger partial charge in [0.05, 0.1) is 10.7 Å². The second kappa shape index (κ2) is 10.8. The fourth-order valence-electron chi connectivity index (χ4n) is 4.22. The summed E-state index contributed by atoms with van der Waals surface area (Å²) in [6.45, 7) is 17.5. The summed E-state index contributed by atoms with van der Waals surface area (Å²) in [6, 6.07) is 11.7. The van der Waals surface area contributed by atoms with Crippen molar-refractivity contribution in [1.29, 1.82) is 0 Å². The van der Waals surface area contributed by atoms with Gasteiger partial charge in [0, 0.05) is 43.5 Å². The van der Waals surface area contributed by atoms with Crippen LogP contribution in [-0.4, -0.2) is 46.9 Å². The third-order valence-corrected chi connectivity index (χ3v) is 7.75. The Morgan fingerprint density at radius 2 is 1.72 bits per heavy atom. The summed E-state index contributed by atoms with van der Waals surface area (Å²) in [5.74, 6) is 1.75. The average molecular weight is 510 g/mol. The van der Waals surface area contributed by atoms with Crippen LogP contribution in [0.25, 0.3) is 0 Å². The van der Waals surface area contributed by atoms with Gasteiger partial charge in [0.25, 0.3) is 5.91 Å². The molecule has 36 heavy (non-hydrogen) atoms. The molecule has 6 nitrogen and oxygen atoms in total. The smallest absolute Gasteiger partial charge is 0.289 e. The number of nitrogens with zero attached hydrogens (tertiary/aromatic N) is 3. The Kier molecular flexibility index (Phi) is 7.90. The maximum Gasteiger partial charge on any atom is 0.289 e. The van der Waals surface area contributed by atoms with E-state index in [1.54, 1.807) is 17.4 Å². The Hall–Kier alpha value is -2.64. The minimum atomic E-state index is -0.0543. The van der Waals surface area contributed by atoms with Crippen molar-refractivity contribution in [3.8, 4) is 5.75 Å². The molecule has 0 bridgehead atoms. The highest BCUT2D eigenvalue weighted by atomic mass is 32.1. The summed E-state index contributed by atoms with van der Waals surface area (Å²) in [5, 5.41) is 3.34. The number of carbonyl (C=O) groups is 1. The number of carbonyl (C=O) groups excluding carboxylic acids is 1. The predicted octanol–water partition coefficient (Wildman–Crippen LogP) is 6.26. The van der Waals surface area contributed by atoms with Crippen LogP contribution in [-0.2, 0) is 24.0 Å². The van der Waals surface area contributed by atoms with Crippen LogP contribution in [0.2, 0.25) is 0 Å². The average Bonchev–Trinajstić information content (AvgIpc) is 3.43. The van der Waals surface area contributed by atoms with E-state index in [0.29, 0.717) is 24.7 Å². The second-order valence-electron chi connectivity index (χ2n) is 11.6. The van der Waals surface area contributed by atoms with Gasteiger partial charge in [-0.3, -0.25) is 9.69 Å². The van der Waals surface area contributed by atoms with Crippen molar-refractivity contribution in [3.63, 3.8) is 0 Å². The Labute approximate surface area is 219 Å². The van der Waals surface area contributed by atoms with E-state index in [4.69, 9.17) is 14.1 Å². The molecule has 7 heteroatoms. The van der Waals surface area contributed by atoms with Gasteiger partial charge in [-0.05, 0) is 41.7 Å². The topological polar surface area (TPSA) is 58.8 Å². The Morgan fingerprint density at radius 1 is 0.972 bits per heavy atom. The van der Waals surface area contributed by atoms with E-state index in [2.05, 4.69) is 64.0 Å². The van der Waals surface area contributed by atoms with Crippen molar-refractivity contribution < 1.29 is 13.9 Å². The highest BCUT2D eigenvalue weighted by Crippen LogP contribution is 2.27.